The fourth-order valence-corrected chi connectivity index (χ4v) is 2.33. The lowest BCUT2D eigenvalue weighted by Gasteiger charge is -2.10. The molecule has 2 aromatic rings. The van der Waals surface area contributed by atoms with Gasteiger partial charge < -0.3 is 16.4 Å². The molecule has 0 atom stereocenters. The van der Waals surface area contributed by atoms with Gasteiger partial charge in [0.25, 0.3) is 0 Å². The smallest absolute Gasteiger partial charge is 0.314 e. The number of hydrogen-bond acceptors (Lipinski definition) is 3. The molecule has 22 heavy (non-hydrogen) atoms. The summed E-state index contributed by atoms with van der Waals surface area (Å²) in [6.07, 6.45) is 0. The average Bonchev–Trinajstić information content (AvgIpc) is 2.45. The molecule has 0 saturated carbocycles. The lowest BCUT2D eigenvalue weighted by atomic mass is 10.2. The van der Waals surface area contributed by atoms with E-state index >= 15 is 0 Å². The maximum Gasteiger partial charge on any atom is 0.314 e. The Labute approximate surface area is 141 Å². The Morgan fingerprint density at radius 2 is 1.45 bits per heavy atom. The van der Waals surface area contributed by atoms with Gasteiger partial charge in [-0.05, 0) is 30.3 Å². The van der Waals surface area contributed by atoms with Crippen molar-refractivity contribution in [1.29, 1.82) is 0 Å². The molecular formula is C14H10Cl3N3O2. The van der Waals surface area contributed by atoms with Crippen LogP contribution < -0.4 is 16.4 Å². The second kappa shape index (κ2) is 6.87. The number of halogens is 3. The zero-order valence-electron chi connectivity index (χ0n) is 11.0. The number of hydrogen-bond donors (Lipinski definition) is 3. The molecule has 0 aliphatic heterocycles. The predicted molar refractivity (Wildman–Crippen MR) is 89.6 cm³/mol. The number of amides is 2. The summed E-state index contributed by atoms with van der Waals surface area (Å²) in [5.74, 6) is -1.84. The fraction of sp³-hybridized carbons (Fsp3) is 0. The number of carbonyl (C=O) groups is 2. The van der Waals surface area contributed by atoms with Crippen molar-refractivity contribution in [2.24, 2.45) is 0 Å². The lowest BCUT2D eigenvalue weighted by molar-refractivity contribution is -0.132. The summed E-state index contributed by atoms with van der Waals surface area (Å²) in [4.78, 5) is 23.8. The Hall–Kier alpha value is -1.95. The minimum atomic E-state index is -0.928. The van der Waals surface area contributed by atoms with Gasteiger partial charge in [0.1, 0.15) is 0 Å². The number of nitrogen functional groups attached to an aromatic ring is 1. The molecule has 2 amide bonds. The van der Waals surface area contributed by atoms with Crippen molar-refractivity contribution >= 4 is 63.7 Å². The van der Waals surface area contributed by atoms with Gasteiger partial charge in [0, 0.05) is 5.69 Å². The largest absolute Gasteiger partial charge is 0.399 e. The van der Waals surface area contributed by atoms with Crippen LogP contribution in [0.25, 0.3) is 0 Å². The molecule has 4 N–H and O–H groups in total. The van der Waals surface area contributed by atoms with E-state index in [2.05, 4.69) is 10.6 Å². The highest BCUT2D eigenvalue weighted by molar-refractivity contribution is 6.47. The van der Waals surface area contributed by atoms with Gasteiger partial charge in [-0.3, -0.25) is 9.59 Å². The van der Waals surface area contributed by atoms with Gasteiger partial charge in [-0.15, -0.1) is 0 Å². The molecule has 0 aliphatic rings. The van der Waals surface area contributed by atoms with Crippen molar-refractivity contribution in [2.45, 2.75) is 0 Å². The van der Waals surface area contributed by atoms with Gasteiger partial charge in [-0.25, -0.2) is 0 Å². The van der Waals surface area contributed by atoms with Crippen molar-refractivity contribution in [3.8, 4) is 0 Å². The third kappa shape index (κ3) is 3.82. The molecule has 0 aliphatic carbocycles. The highest BCUT2D eigenvalue weighted by Crippen LogP contribution is 2.30. The number of nitrogens with one attached hydrogen (secondary N) is 2. The van der Waals surface area contributed by atoms with Gasteiger partial charge in [0.05, 0.1) is 26.4 Å². The zero-order valence-corrected chi connectivity index (χ0v) is 13.3. The van der Waals surface area contributed by atoms with Crippen LogP contribution in [0.1, 0.15) is 0 Å². The first-order valence-electron chi connectivity index (χ1n) is 6.00. The van der Waals surface area contributed by atoms with E-state index in [0.29, 0.717) is 5.69 Å². The maximum atomic E-state index is 11.9. The SMILES string of the molecule is Nc1ccc(NC(=O)C(=O)Nc2c(Cl)cccc2Cl)c(Cl)c1. The molecule has 114 valence electrons. The molecule has 0 aromatic heterocycles. The second-order valence-electron chi connectivity index (χ2n) is 4.24. The van der Waals surface area contributed by atoms with E-state index in [1.165, 1.54) is 24.3 Å². The summed E-state index contributed by atoms with van der Waals surface area (Å²) in [5.41, 5.74) is 6.41. The van der Waals surface area contributed by atoms with Gasteiger partial charge in [-0.1, -0.05) is 40.9 Å². The number of rotatable bonds is 2. The van der Waals surface area contributed by atoms with Crippen LogP contribution in [0, 0.1) is 0 Å². The molecule has 2 rings (SSSR count). The van der Waals surface area contributed by atoms with Crippen molar-refractivity contribution in [3.63, 3.8) is 0 Å². The van der Waals surface area contributed by atoms with Crippen LogP contribution in [-0.2, 0) is 9.59 Å². The summed E-state index contributed by atoms with van der Waals surface area (Å²) in [5, 5.41) is 5.38. The molecule has 8 heteroatoms. The van der Waals surface area contributed by atoms with Gasteiger partial charge in [-0.2, -0.15) is 0 Å². The zero-order chi connectivity index (χ0) is 16.3. The Kier molecular flexibility index (Phi) is 5.13. The van der Waals surface area contributed by atoms with Crippen molar-refractivity contribution in [2.75, 3.05) is 16.4 Å². The standard InChI is InChI=1S/C14H10Cl3N3O2/c15-8-2-1-3-9(16)12(8)20-14(22)13(21)19-11-5-4-7(18)6-10(11)17/h1-6H,18H2,(H,19,21)(H,20,22). The normalized spacial score (nSPS) is 10.1. The van der Waals surface area contributed by atoms with Crippen LogP contribution in [-0.4, -0.2) is 11.8 Å². The van der Waals surface area contributed by atoms with Gasteiger partial charge in [0.2, 0.25) is 0 Å². The Bertz CT molecular complexity index is 730. The van der Waals surface area contributed by atoms with Crippen LogP contribution in [0.3, 0.4) is 0 Å². The molecule has 2 aromatic carbocycles. The molecule has 0 unspecified atom stereocenters. The monoisotopic (exact) mass is 357 g/mol. The van der Waals surface area contributed by atoms with E-state index in [-0.39, 0.29) is 26.4 Å². The lowest BCUT2D eigenvalue weighted by Crippen LogP contribution is -2.29. The van der Waals surface area contributed by atoms with Crippen molar-refractivity contribution < 1.29 is 9.59 Å². The first-order chi connectivity index (χ1) is 10.4. The van der Waals surface area contributed by atoms with Crippen LogP contribution in [0.15, 0.2) is 36.4 Å². The van der Waals surface area contributed by atoms with Crippen LogP contribution >= 0.6 is 34.8 Å². The number of anilines is 3. The van der Waals surface area contributed by atoms with Crippen LogP contribution in [0.5, 0.6) is 0 Å². The maximum absolute atomic E-state index is 11.9. The summed E-state index contributed by atoms with van der Waals surface area (Å²) in [6.45, 7) is 0. The number of carbonyl (C=O) groups excluding carboxylic acids is 2. The summed E-state index contributed by atoms with van der Waals surface area (Å²) < 4.78 is 0. The van der Waals surface area contributed by atoms with E-state index in [4.69, 9.17) is 40.5 Å². The molecule has 0 fully saturated rings. The Morgan fingerprint density at radius 1 is 0.864 bits per heavy atom. The first-order valence-corrected chi connectivity index (χ1v) is 7.13. The second-order valence-corrected chi connectivity index (χ2v) is 5.47. The fourth-order valence-electron chi connectivity index (χ4n) is 1.60. The van der Waals surface area contributed by atoms with E-state index in [1.54, 1.807) is 12.1 Å². The topological polar surface area (TPSA) is 84.2 Å². The van der Waals surface area contributed by atoms with E-state index in [9.17, 15) is 9.59 Å². The molecule has 5 nitrogen and oxygen atoms in total. The number of benzene rings is 2. The molecule has 0 spiro atoms. The minimum Gasteiger partial charge on any atom is -0.399 e. The third-order valence-corrected chi connectivity index (χ3v) is 3.59. The van der Waals surface area contributed by atoms with Gasteiger partial charge in [0.15, 0.2) is 0 Å². The third-order valence-electron chi connectivity index (χ3n) is 2.65. The number of nitrogens with two attached hydrogens (primary N) is 1. The van der Waals surface area contributed by atoms with Crippen molar-refractivity contribution in [1.82, 2.24) is 0 Å². The number of para-hydroxylation sites is 1. The van der Waals surface area contributed by atoms with E-state index in [1.807, 2.05) is 0 Å². The average molecular weight is 359 g/mol. The summed E-state index contributed by atoms with van der Waals surface area (Å²) in [6, 6.07) is 9.19. The quantitative estimate of drug-likeness (QED) is 0.564. The molecule has 0 heterocycles. The first kappa shape index (κ1) is 16.4. The molecule has 0 bridgehead atoms. The van der Waals surface area contributed by atoms with Gasteiger partial charge >= 0.3 is 11.8 Å². The Balaban J connectivity index is 2.11. The Morgan fingerprint density at radius 3 is 2.05 bits per heavy atom. The summed E-state index contributed by atoms with van der Waals surface area (Å²) >= 11 is 17.8. The minimum absolute atomic E-state index is 0.161. The van der Waals surface area contributed by atoms with E-state index < -0.39 is 11.8 Å². The highest BCUT2D eigenvalue weighted by atomic mass is 35.5. The van der Waals surface area contributed by atoms with Crippen LogP contribution in [0.4, 0.5) is 17.1 Å². The summed E-state index contributed by atoms with van der Waals surface area (Å²) in [7, 11) is 0. The molecular weight excluding hydrogens is 349 g/mol. The highest BCUT2D eigenvalue weighted by Gasteiger charge is 2.18. The molecule has 0 radical (unpaired) electrons. The predicted octanol–water partition coefficient (Wildman–Crippen LogP) is 3.81. The van der Waals surface area contributed by atoms with Crippen molar-refractivity contribution in [3.05, 3.63) is 51.5 Å². The molecule has 0 saturated heterocycles. The van der Waals surface area contributed by atoms with E-state index in [0.717, 1.165) is 0 Å². The van der Waals surface area contributed by atoms with Crippen LogP contribution in [0.2, 0.25) is 15.1 Å².